The van der Waals surface area contributed by atoms with Crippen LogP contribution in [0.1, 0.15) is 57.7 Å². The van der Waals surface area contributed by atoms with Gasteiger partial charge in [0.2, 0.25) is 0 Å². The molecule has 0 bridgehead atoms. The fourth-order valence-corrected chi connectivity index (χ4v) is 3.50. The molecule has 1 saturated carbocycles. The Morgan fingerprint density at radius 2 is 1.84 bits per heavy atom. The summed E-state index contributed by atoms with van der Waals surface area (Å²) in [6.45, 7) is 4.37. The Labute approximate surface area is 185 Å². The number of aryl methyl sites for hydroxylation is 1. The molecule has 3 aromatic rings. The number of aromatic nitrogens is 2. The van der Waals surface area contributed by atoms with Gasteiger partial charge in [-0.3, -0.25) is 20.4 Å². The lowest BCUT2D eigenvalue weighted by molar-refractivity contribution is 0.0846. The van der Waals surface area contributed by atoms with Crippen LogP contribution in [0.25, 0.3) is 5.69 Å². The Morgan fingerprint density at radius 1 is 1.13 bits per heavy atom. The number of carbonyl (C=O) groups is 2. The van der Waals surface area contributed by atoms with Crippen LogP contribution in [0.5, 0.6) is 5.75 Å². The van der Waals surface area contributed by atoms with Crippen LogP contribution < -0.4 is 15.6 Å². The fraction of sp³-hybridized carbons (Fsp3) is 0.261. The van der Waals surface area contributed by atoms with Crippen molar-refractivity contribution in [3.05, 3.63) is 76.1 Å². The first kappa shape index (κ1) is 20.9. The second-order valence-corrected chi connectivity index (χ2v) is 7.84. The minimum atomic E-state index is -0.415. The van der Waals surface area contributed by atoms with E-state index < -0.39 is 11.8 Å². The minimum Gasteiger partial charge on any atom is -0.494 e. The third-order valence-corrected chi connectivity index (χ3v) is 5.54. The number of nitrogens with one attached hydrogen (secondary N) is 2. The van der Waals surface area contributed by atoms with Crippen molar-refractivity contribution < 1.29 is 14.3 Å². The summed E-state index contributed by atoms with van der Waals surface area (Å²) in [5.41, 5.74) is 8.41. The number of benzene rings is 2. The normalized spacial score (nSPS) is 13.0. The molecule has 1 heterocycles. The Bertz CT molecular complexity index is 1120. The summed E-state index contributed by atoms with van der Waals surface area (Å²) >= 11 is 6.27. The van der Waals surface area contributed by atoms with Gasteiger partial charge in [0.1, 0.15) is 5.75 Å². The molecule has 0 atom stereocenters. The molecule has 0 unspecified atom stereocenters. The lowest BCUT2D eigenvalue weighted by Crippen LogP contribution is -2.41. The molecule has 8 heteroatoms. The highest BCUT2D eigenvalue weighted by Gasteiger charge is 2.33. The first-order valence-corrected chi connectivity index (χ1v) is 10.5. The molecule has 1 aromatic heterocycles. The van der Waals surface area contributed by atoms with Crippen molar-refractivity contribution in [2.45, 2.75) is 32.6 Å². The molecule has 2 N–H and O–H groups in total. The standard InChI is InChI=1S/C23H23ClN4O3/c1-3-31-18-10-7-16(8-11-18)22(29)26-27-23(30)19-13-25-28(21(19)15-5-6-15)17-9-4-14(2)20(24)12-17/h4,7-13,15H,3,5-6H2,1-2H3,(H,26,29)(H,27,30). The summed E-state index contributed by atoms with van der Waals surface area (Å²) in [6, 6.07) is 12.4. The number of nitrogens with zero attached hydrogens (tertiary/aromatic N) is 2. The van der Waals surface area contributed by atoms with Crippen molar-refractivity contribution >= 4 is 23.4 Å². The molecule has 0 aliphatic heterocycles. The molecule has 1 aliphatic rings. The lowest BCUT2D eigenvalue weighted by Gasteiger charge is -2.11. The zero-order chi connectivity index (χ0) is 22.0. The summed E-state index contributed by atoms with van der Waals surface area (Å²) in [7, 11) is 0. The molecule has 1 aliphatic carbocycles. The maximum absolute atomic E-state index is 12.8. The highest BCUT2D eigenvalue weighted by Crippen LogP contribution is 2.42. The Balaban J connectivity index is 1.49. The monoisotopic (exact) mass is 438 g/mol. The molecule has 1 fully saturated rings. The van der Waals surface area contributed by atoms with Gasteiger partial charge in [0.15, 0.2) is 0 Å². The van der Waals surface area contributed by atoms with E-state index in [-0.39, 0.29) is 5.92 Å². The predicted molar refractivity (Wildman–Crippen MR) is 118 cm³/mol. The second kappa shape index (κ2) is 8.81. The zero-order valence-electron chi connectivity index (χ0n) is 17.3. The summed E-state index contributed by atoms with van der Waals surface area (Å²) in [4.78, 5) is 25.2. The van der Waals surface area contributed by atoms with Gasteiger partial charge in [-0.05, 0) is 68.7 Å². The molecular formula is C23H23ClN4O3. The number of rotatable bonds is 6. The minimum absolute atomic E-state index is 0.255. The van der Waals surface area contributed by atoms with Crippen LogP contribution in [0.4, 0.5) is 0 Å². The van der Waals surface area contributed by atoms with Gasteiger partial charge in [0.25, 0.3) is 11.8 Å². The van der Waals surface area contributed by atoms with Crippen LogP contribution in [0, 0.1) is 6.92 Å². The third kappa shape index (κ3) is 4.56. The molecule has 0 radical (unpaired) electrons. The van der Waals surface area contributed by atoms with E-state index in [0.29, 0.717) is 28.5 Å². The Morgan fingerprint density at radius 3 is 2.48 bits per heavy atom. The molecule has 31 heavy (non-hydrogen) atoms. The van der Waals surface area contributed by atoms with Gasteiger partial charge >= 0.3 is 0 Å². The SMILES string of the molecule is CCOc1ccc(C(=O)NNC(=O)c2cnn(-c3ccc(C)c(Cl)c3)c2C2CC2)cc1. The van der Waals surface area contributed by atoms with E-state index in [2.05, 4.69) is 16.0 Å². The van der Waals surface area contributed by atoms with Crippen LogP contribution in [0.15, 0.2) is 48.7 Å². The number of carbonyl (C=O) groups excluding carboxylic acids is 2. The molecule has 160 valence electrons. The van der Waals surface area contributed by atoms with Crippen molar-refractivity contribution in [3.8, 4) is 11.4 Å². The average Bonchev–Trinajstić information content (AvgIpc) is 3.52. The number of halogens is 1. The van der Waals surface area contributed by atoms with Crippen LogP contribution in [-0.2, 0) is 0 Å². The molecule has 2 amide bonds. The number of hydrogen-bond acceptors (Lipinski definition) is 4. The number of hydrazine groups is 1. The van der Waals surface area contributed by atoms with Crippen LogP contribution >= 0.6 is 11.6 Å². The molecule has 0 saturated heterocycles. The van der Waals surface area contributed by atoms with E-state index in [1.807, 2.05) is 32.0 Å². The van der Waals surface area contributed by atoms with E-state index in [4.69, 9.17) is 16.3 Å². The fourth-order valence-electron chi connectivity index (χ4n) is 3.32. The topological polar surface area (TPSA) is 85.2 Å². The van der Waals surface area contributed by atoms with Crippen molar-refractivity contribution in [2.24, 2.45) is 0 Å². The Hall–Kier alpha value is -3.32. The van der Waals surface area contributed by atoms with E-state index in [9.17, 15) is 9.59 Å². The highest BCUT2D eigenvalue weighted by atomic mass is 35.5. The van der Waals surface area contributed by atoms with Crippen LogP contribution in [0.3, 0.4) is 0 Å². The number of amides is 2. The van der Waals surface area contributed by atoms with Crippen LogP contribution in [0.2, 0.25) is 5.02 Å². The van der Waals surface area contributed by atoms with Gasteiger partial charge in [-0.15, -0.1) is 0 Å². The Kier molecular flexibility index (Phi) is 5.95. The van der Waals surface area contributed by atoms with Gasteiger partial charge in [-0.1, -0.05) is 17.7 Å². The van der Waals surface area contributed by atoms with Gasteiger partial charge in [0, 0.05) is 16.5 Å². The molecule has 2 aromatic carbocycles. The van der Waals surface area contributed by atoms with E-state index in [1.54, 1.807) is 28.9 Å². The van der Waals surface area contributed by atoms with Crippen molar-refractivity contribution in [3.63, 3.8) is 0 Å². The van der Waals surface area contributed by atoms with E-state index >= 15 is 0 Å². The highest BCUT2D eigenvalue weighted by molar-refractivity contribution is 6.31. The summed E-state index contributed by atoms with van der Waals surface area (Å²) in [5, 5.41) is 5.06. The maximum Gasteiger partial charge on any atom is 0.273 e. The second-order valence-electron chi connectivity index (χ2n) is 7.43. The summed E-state index contributed by atoms with van der Waals surface area (Å²) < 4.78 is 7.13. The van der Waals surface area contributed by atoms with Crippen molar-refractivity contribution in [1.29, 1.82) is 0 Å². The van der Waals surface area contributed by atoms with Gasteiger partial charge in [0.05, 0.1) is 29.7 Å². The summed E-state index contributed by atoms with van der Waals surface area (Å²) in [6.07, 6.45) is 3.51. The number of hydrogen-bond donors (Lipinski definition) is 2. The first-order chi connectivity index (χ1) is 15.0. The largest absolute Gasteiger partial charge is 0.494 e. The van der Waals surface area contributed by atoms with E-state index in [0.717, 1.165) is 29.8 Å². The molecule has 4 rings (SSSR count). The van der Waals surface area contributed by atoms with Gasteiger partial charge in [-0.25, -0.2) is 4.68 Å². The average molecular weight is 439 g/mol. The molecular weight excluding hydrogens is 416 g/mol. The van der Waals surface area contributed by atoms with Crippen LogP contribution in [-0.4, -0.2) is 28.2 Å². The summed E-state index contributed by atoms with van der Waals surface area (Å²) in [5.74, 6) is 0.110. The van der Waals surface area contributed by atoms with Gasteiger partial charge in [-0.2, -0.15) is 5.10 Å². The maximum atomic E-state index is 12.8. The smallest absolute Gasteiger partial charge is 0.273 e. The quantitative estimate of drug-likeness (QED) is 0.565. The number of ether oxygens (including phenoxy) is 1. The predicted octanol–water partition coefficient (Wildman–Crippen LogP) is 4.19. The lowest BCUT2D eigenvalue weighted by atomic mass is 10.1. The first-order valence-electron chi connectivity index (χ1n) is 10.2. The third-order valence-electron chi connectivity index (χ3n) is 5.13. The molecule has 7 nitrogen and oxygen atoms in total. The zero-order valence-corrected chi connectivity index (χ0v) is 18.1. The van der Waals surface area contributed by atoms with Crippen molar-refractivity contribution in [2.75, 3.05) is 6.61 Å². The van der Waals surface area contributed by atoms with E-state index in [1.165, 1.54) is 6.20 Å². The van der Waals surface area contributed by atoms with Crippen molar-refractivity contribution in [1.82, 2.24) is 20.6 Å². The molecule has 0 spiro atoms. The van der Waals surface area contributed by atoms with Gasteiger partial charge < -0.3 is 4.74 Å².